The van der Waals surface area contributed by atoms with Crippen LogP contribution in [0.15, 0.2) is 36.5 Å². The van der Waals surface area contributed by atoms with Gasteiger partial charge in [0.2, 0.25) is 0 Å². The molecule has 0 bridgehead atoms. The summed E-state index contributed by atoms with van der Waals surface area (Å²) in [5.41, 5.74) is -0.963. The number of nitrogens with one attached hydrogen (secondary N) is 1. The summed E-state index contributed by atoms with van der Waals surface area (Å²) in [6, 6.07) is 6.86. The van der Waals surface area contributed by atoms with E-state index in [9.17, 15) is 22.8 Å². The summed E-state index contributed by atoms with van der Waals surface area (Å²) in [7, 11) is 1.45. The number of rotatable bonds is 6. The van der Waals surface area contributed by atoms with E-state index in [1.54, 1.807) is 17.0 Å². The number of aromatic nitrogens is 3. The van der Waals surface area contributed by atoms with Crippen molar-refractivity contribution in [1.82, 2.24) is 24.6 Å². The van der Waals surface area contributed by atoms with E-state index in [2.05, 4.69) is 15.2 Å². The molecule has 1 saturated carbocycles. The van der Waals surface area contributed by atoms with Gasteiger partial charge in [-0.15, -0.1) is 0 Å². The van der Waals surface area contributed by atoms with E-state index in [-0.39, 0.29) is 17.8 Å². The van der Waals surface area contributed by atoms with Gasteiger partial charge in [-0.3, -0.25) is 14.4 Å². The minimum Gasteiger partial charge on any atom is -0.494 e. The Morgan fingerprint density at radius 3 is 2.36 bits per heavy atom. The number of pyridine rings is 1. The molecule has 238 valence electrons. The molecule has 0 atom stereocenters. The number of fused-ring (bicyclic) bond motifs is 1. The van der Waals surface area contributed by atoms with Crippen molar-refractivity contribution in [3.63, 3.8) is 0 Å². The van der Waals surface area contributed by atoms with Crippen LogP contribution in [0.5, 0.6) is 5.75 Å². The van der Waals surface area contributed by atoms with Crippen molar-refractivity contribution >= 4 is 28.6 Å². The normalized spacial score (nSPS) is 20.0. The summed E-state index contributed by atoms with van der Waals surface area (Å²) in [6.45, 7) is 9.67. The van der Waals surface area contributed by atoms with E-state index in [0.717, 1.165) is 62.8 Å². The minimum atomic E-state index is -4.65. The van der Waals surface area contributed by atoms with Crippen molar-refractivity contribution < 1.29 is 32.2 Å². The number of methoxy groups -OCH3 is 1. The number of alkyl halides is 3. The maximum atomic E-state index is 13.1. The fourth-order valence-electron chi connectivity index (χ4n) is 5.83. The number of benzene rings is 1. The van der Waals surface area contributed by atoms with Crippen LogP contribution in [0.3, 0.4) is 0 Å². The van der Waals surface area contributed by atoms with E-state index in [1.807, 2.05) is 31.6 Å². The number of ether oxygens (including phenoxy) is 2. The number of anilines is 1. The molecule has 1 N–H and O–H groups in total. The van der Waals surface area contributed by atoms with E-state index >= 15 is 0 Å². The maximum absolute atomic E-state index is 13.1. The highest BCUT2D eigenvalue weighted by molar-refractivity contribution is 6.05. The Labute approximate surface area is 254 Å². The molecule has 0 unspecified atom stereocenters. The molecule has 2 aromatic heterocycles. The lowest BCUT2D eigenvalue weighted by molar-refractivity contribution is -0.141. The Kier molecular flexibility index (Phi) is 9.05. The van der Waals surface area contributed by atoms with Gasteiger partial charge in [0.1, 0.15) is 22.7 Å². The first-order valence-electron chi connectivity index (χ1n) is 14.9. The first-order valence-corrected chi connectivity index (χ1v) is 14.9. The van der Waals surface area contributed by atoms with Crippen molar-refractivity contribution in [3.8, 4) is 5.75 Å². The Balaban J connectivity index is 1.17. The number of hydrogen-bond donors (Lipinski definition) is 1. The van der Waals surface area contributed by atoms with Crippen molar-refractivity contribution in [3.05, 3.63) is 47.9 Å². The van der Waals surface area contributed by atoms with Crippen LogP contribution >= 0.6 is 0 Å². The van der Waals surface area contributed by atoms with Gasteiger partial charge in [0.15, 0.2) is 0 Å². The van der Waals surface area contributed by atoms with E-state index in [4.69, 9.17) is 14.6 Å². The van der Waals surface area contributed by atoms with Crippen molar-refractivity contribution in [2.24, 2.45) is 5.92 Å². The molecule has 1 aromatic carbocycles. The third-order valence-electron chi connectivity index (χ3n) is 8.09. The number of halogens is 3. The number of carbonyl (C=O) groups excluding carboxylic acids is 2. The topological polar surface area (TPSA) is 102 Å². The smallest absolute Gasteiger partial charge is 0.433 e. The molecule has 1 aliphatic heterocycles. The number of nitrogens with zero attached hydrogens (tertiary/aromatic N) is 5. The Hall–Kier alpha value is -3.87. The molecule has 0 radical (unpaired) electrons. The van der Waals surface area contributed by atoms with Gasteiger partial charge in [-0.05, 0) is 70.6 Å². The van der Waals surface area contributed by atoms with Gasteiger partial charge in [-0.2, -0.15) is 18.3 Å². The van der Waals surface area contributed by atoms with Crippen LogP contribution < -0.4 is 10.1 Å². The average molecular weight is 617 g/mol. The molecule has 2 amide bonds. The summed E-state index contributed by atoms with van der Waals surface area (Å²) in [5.74, 6) is 0.153. The Bertz CT molecular complexity index is 1490. The molecule has 10 nitrogen and oxygen atoms in total. The number of hydrogen-bond acceptors (Lipinski definition) is 7. The molecule has 2 fully saturated rings. The molecular formula is C31H39F3N6O4. The third-order valence-corrected chi connectivity index (χ3v) is 8.09. The Morgan fingerprint density at radius 1 is 1.02 bits per heavy atom. The molecule has 2 aliphatic rings. The second-order valence-electron chi connectivity index (χ2n) is 12.5. The van der Waals surface area contributed by atoms with Gasteiger partial charge in [0.25, 0.3) is 5.91 Å². The molecular weight excluding hydrogens is 577 g/mol. The zero-order valence-electron chi connectivity index (χ0n) is 25.5. The molecule has 5 rings (SSSR count). The SMILES string of the molecule is COc1cc2nn([C@H]3CC[C@H](CN4CCN(C(=O)OC(C)(C)C)CC4)CC3)cc2cc1NC(=O)c1cccc(C(F)(F)F)n1. The van der Waals surface area contributed by atoms with Crippen molar-refractivity contribution in [1.29, 1.82) is 0 Å². The van der Waals surface area contributed by atoms with Crippen molar-refractivity contribution in [2.75, 3.05) is 45.2 Å². The molecule has 1 saturated heterocycles. The zero-order chi connectivity index (χ0) is 31.6. The number of piperazine rings is 1. The summed E-state index contributed by atoms with van der Waals surface area (Å²) < 4.78 is 52.1. The highest BCUT2D eigenvalue weighted by Gasteiger charge is 2.33. The summed E-state index contributed by atoms with van der Waals surface area (Å²) in [4.78, 5) is 32.8. The van der Waals surface area contributed by atoms with E-state index < -0.39 is 23.4 Å². The van der Waals surface area contributed by atoms with Gasteiger partial charge < -0.3 is 19.7 Å². The highest BCUT2D eigenvalue weighted by Crippen LogP contribution is 2.36. The van der Waals surface area contributed by atoms with Gasteiger partial charge in [0.05, 0.1) is 24.4 Å². The lowest BCUT2D eigenvalue weighted by Crippen LogP contribution is -2.51. The average Bonchev–Trinajstić information content (AvgIpc) is 3.39. The molecule has 13 heteroatoms. The third kappa shape index (κ3) is 7.61. The van der Waals surface area contributed by atoms with Crippen molar-refractivity contribution in [2.45, 2.75) is 64.3 Å². The Morgan fingerprint density at radius 2 is 1.73 bits per heavy atom. The largest absolute Gasteiger partial charge is 0.494 e. The lowest BCUT2D eigenvalue weighted by atomic mass is 9.85. The molecule has 1 aliphatic carbocycles. The molecule has 44 heavy (non-hydrogen) atoms. The summed E-state index contributed by atoms with van der Waals surface area (Å²) >= 11 is 0. The lowest BCUT2D eigenvalue weighted by Gasteiger charge is -2.38. The second kappa shape index (κ2) is 12.6. The first kappa shape index (κ1) is 31.6. The van der Waals surface area contributed by atoms with Crippen LogP contribution in [0.2, 0.25) is 0 Å². The van der Waals surface area contributed by atoms with Gasteiger partial charge in [0, 0.05) is 50.4 Å². The predicted molar refractivity (Wildman–Crippen MR) is 159 cm³/mol. The molecule has 3 heterocycles. The van der Waals surface area contributed by atoms with Crippen LogP contribution in [0.25, 0.3) is 10.9 Å². The maximum Gasteiger partial charge on any atom is 0.433 e. The number of amides is 2. The summed E-state index contributed by atoms with van der Waals surface area (Å²) in [5, 5.41) is 8.20. The zero-order valence-corrected chi connectivity index (χ0v) is 25.5. The second-order valence-corrected chi connectivity index (χ2v) is 12.5. The summed E-state index contributed by atoms with van der Waals surface area (Å²) in [6.07, 6.45) is 1.15. The quantitative estimate of drug-likeness (QED) is 0.363. The van der Waals surface area contributed by atoms with Crippen LogP contribution in [0.1, 0.15) is 68.7 Å². The van der Waals surface area contributed by atoms with Gasteiger partial charge >= 0.3 is 12.3 Å². The van der Waals surface area contributed by atoms with Gasteiger partial charge in [-0.1, -0.05) is 6.07 Å². The fraction of sp³-hybridized carbons (Fsp3) is 0.548. The van der Waals surface area contributed by atoms with Crippen LogP contribution in [0.4, 0.5) is 23.7 Å². The molecule has 3 aromatic rings. The van der Waals surface area contributed by atoms with Crippen LogP contribution in [0, 0.1) is 5.92 Å². The van der Waals surface area contributed by atoms with Crippen LogP contribution in [-0.2, 0) is 10.9 Å². The van der Waals surface area contributed by atoms with E-state index in [1.165, 1.54) is 13.2 Å². The number of carbonyl (C=O) groups is 2. The molecule has 0 spiro atoms. The predicted octanol–water partition coefficient (Wildman–Crippen LogP) is 6.00. The highest BCUT2D eigenvalue weighted by atomic mass is 19.4. The fourth-order valence-corrected chi connectivity index (χ4v) is 5.83. The first-order chi connectivity index (χ1) is 20.8. The van der Waals surface area contributed by atoms with Gasteiger partial charge in [-0.25, -0.2) is 9.78 Å². The minimum absolute atomic E-state index is 0.237. The van der Waals surface area contributed by atoms with Crippen LogP contribution in [-0.4, -0.2) is 82.0 Å². The standard InChI is InChI=1S/C31H39F3N6O4/c1-30(2,3)44-29(42)39-14-12-38(13-15-39)18-20-8-10-22(11-9-20)40-19-21-16-25(26(43-4)17-24(21)37-40)36-28(41)23-6-5-7-27(35-23)31(32,33)34/h5-7,16-17,19-20,22H,8-15,18H2,1-4H3,(H,36,41)/t20-,22-. The monoisotopic (exact) mass is 616 g/mol. The van der Waals surface area contributed by atoms with E-state index in [0.29, 0.717) is 36.0 Å².